The summed E-state index contributed by atoms with van der Waals surface area (Å²) in [5.41, 5.74) is 1.46. The molecule has 0 aliphatic carbocycles. The molecule has 0 amide bonds. The van der Waals surface area contributed by atoms with Crippen LogP contribution in [0.2, 0.25) is 0 Å². The first-order valence-electron chi connectivity index (χ1n) is 11.3. The molecule has 1 heteroatoms. The quantitative estimate of drug-likeness (QED) is 0.149. The molecule has 0 saturated carbocycles. The molecule has 1 aromatic rings. The molecule has 0 spiro atoms. The van der Waals surface area contributed by atoms with Gasteiger partial charge in [-0.15, -0.1) is 0 Å². The van der Waals surface area contributed by atoms with Crippen molar-refractivity contribution < 1.29 is 4.48 Å². The predicted molar refractivity (Wildman–Crippen MR) is 122 cm³/mol. The number of likely N-dealkylation sites (N-methyl/N-ethyl adjacent to an activating group) is 1. The highest BCUT2D eigenvalue weighted by Gasteiger charge is 2.31. The van der Waals surface area contributed by atoms with Gasteiger partial charge in [0.2, 0.25) is 0 Å². The monoisotopic (exact) mass is 370 g/mol. The third-order valence-electron chi connectivity index (χ3n) is 5.86. The van der Waals surface area contributed by atoms with Crippen molar-refractivity contribution in [3.63, 3.8) is 0 Å². The van der Waals surface area contributed by atoms with Crippen molar-refractivity contribution in [1.29, 1.82) is 0 Å². The van der Waals surface area contributed by atoms with E-state index in [-0.39, 0.29) is 0 Å². The van der Waals surface area contributed by atoms with Crippen molar-refractivity contribution in [3.8, 4) is 0 Å². The first-order valence-corrected chi connectivity index (χ1v) is 11.3. The van der Waals surface area contributed by atoms with Crippen LogP contribution in [-0.4, -0.2) is 24.6 Å². The van der Waals surface area contributed by atoms with Crippen LogP contribution in [0.15, 0.2) is 55.6 Å². The zero-order chi connectivity index (χ0) is 19.8. The molecule has 152 valence electrons. The highest BCUT2D eigenvalue weighted by atomic mass is 15.3. The van der Waals surface area contributed by atoms with E-state index in [1.54, 1.807) is 0 Å². The highest BCUT2D eigenvalue weighted by molar-refractivity contribution is 5.17. The van der Waals surface area contributed by atoms with Gasteiger partial charge in [-0.1, -0.05) is 108 Å². The third kappa shape index (κ3) is 9.42. The molecule has 1 aromatic carbocycles. The average molecular weight is 371 g/mol. The zero-order valence-electron chi connectivity index (χ0n) is 18.2. The topological polar surface area (TPSA) is 0 Å². The minimum atomic E-state index is 0.524. The molecule has 1 atom stereocenters. The molecule has 27 heavy (non-hydrogen) atoms. The van der Waals surface area contributed by atoms with Gasteiger partial charge in [0.1, 0.15) is 6.04 Å². The summed E-state index contributed by atoms with van der Waals surface area (Å²) in [7, 11) is 2.36. The minimum absolute atomic E-state index is 0.524. The van der Waals surface area contributed by atoms with E-state index in [4.69, 9.17) is 0 Å². The van der Waals surface area contributed by atoms with Crippen molar-refractivity contribution in [1.82, 2.24) is 0 Å². The van der Waals surface area contributed by atoms with Crippen molar-refractivity contribution in [3.05, 3.63) is 61.2 Å². The highest BCUT2D eigenvalue weighted by Crippen LogP contribution is 2.32. The summed E-state index contributed by atoms with van der Waals surface area (Å²) in [6, 6.07) is 11.6. The summed E-state index contributed by atoms with van der Waals surface area (Å²) in [5, 5.41) is 0. The van der Waals surface area contributed by atoms with Gasteiger partial charge in [-0.3, -0.25) is 0 Å². The Morgan fingerprint density at radius 2 is 1.26 bits per heavy atom. The molecule has 0 radical (unpaired) electrons. The first kappa shape index (κ1) is 23.7. The second-order valence-electron chi connectivity index (χ2n) is 8.32. The van der Waals surface area contributed by atoms with Gasteiger partial charge in [-0.2, -0.15) is 0 Å². The maximum atomic E-state index is 4.01. The standard InChI is InChI=1S/C26H44N/c1-5-8-9-10-11-12-13-14-15-19-22-26(25-20-17-16-18-21-25)27(4,23-6-2)24-7-3/h6-7,16-18,20-21,26H,2-3,5,8-15,19,22-24H2,1,4H3/q+1. The molecule has 1 nitrogen and oxygen atoms in total. The molecule has 0 saturated heterocycles. The largest absolute Gasteiger partial charge is 0.313 e. The average Bonchev–Trinajstić information content (AvgIpc) is 2.67. The van der Waals surface area contributed by atoms with E-state index < -0.39 is 0 Å². The Morgan fingerprint density at radius 3 is 1.74 bits per heavy atom. The van der Waals surface area contributed by atoms with Crippen molar-refractivity contribution in [2.45, 2.75) is 83.6 Å². The lowest BCUT2D eigenvalue weighted by Crippen LogP contribution is -2.47. The lowest BCUT2D eigenvalue weighted by Gasteiger charge is -2.41. The van der Waals surface area contributed by atoms with Crippen LogP contribution in [0.5, 0.6) is 0 Å². The van der Waals surface area contributed by atoms with Crippen LogP contribution < -0.4 is 0 Å². The minimum Gasteiger partial charge on any atom is -0.313 e. The van der Waals surface area contributed by atoms with Crippen LogP contribution in [0.25, 0.3) is 0 Å². The lowest BCUT2D eigenvalue weighted by atomic mass is 9.96. The van der Waals surface area contributed by atoms with E-state index >= 15 is 0 Å². The third-order valence-corrected chi connectivity index (χ3v) is 5.86. The molecule has 0 aromatic heterocycles. The van der Waals surface area contributed by atoms with Crippen molar-refractivity contribution in [2.75, 3.05) is 20.1 Å². The summed E-state index contributed by atoms with van der Waals surface area (Å²) in [5.74, 6) is 0. The second kappa shape index (κ2) is 14.7. The van der Waals surface area contributed by atoms with Gasteiger partial charge >= 0.3 is 0 Å². The fourth-order valence-corrected chi connectivity index (χ4v) is 4.26. The molecule has 0 aliphatic rings. The molecule has 0 N–H and O–H groups in total. The summed E-state index contributed by atoms with van der Waals surface area (Å²) >= 11 is 0. The molecular formula is C26H44N+. The normalized spacial score (nSPS) is 12.7. The maximum Gasteiger partial charge on any atom is 0.115 e. The Kier molecular flexibility index (Phi) is 12.9. The van der Waals surface area contributed by atoms with Crippen LogP contribution in [0.1, 0.15) is 89.2 Å². The zero-order valence-corrected chi connectivity index (χ0v) is 18.2. The Bertz CT molecular complexity index is 480. The summed E-state index contributed by atoms with van der Waals surface area (Å²) in [4.78, 5) is 0. The maximum absolute atomic E-state index is 4.01. The van der Waals surface area contributed by atoms with Gasteiger partial charge in [-0.25, -0.2) is 0 Å². The van der Waals surface area contributed by atoms with Crippen LogP contribution in [-0.2, 0) is 0 Å². The number of quaternary nitrogens is 1. The Morgan fingerprint density at radius 1 is 0.778 bits per heavy atom. The molecular weight excluding hydrogens is 326 g/mol. The van der Waals surface area contributed by atoms with Gasteiger partial charge in [0.15, 0.2) is 0 Å². The van der Waals surface area contributed by atoms with Crippen LogP contribution in [0.4, 0.5) is 0 Å². The number of rotatable bonds is 17. The Hall–Kier alpha value is -1.34. The van der Waals surface area contributed by atoms with Crippen molar-refractivity contribution in [2.24, 2.45) is 0 Å². The molecule has 1 unspecified atom stereocenters. The fourth-order valence-electron chi connectivity index (χ4n) is 4.26. The van der Waals surface area contributed by atoms with Gasteiger partial charge in [-0.05, 0) is 18.6 Å². The molecule has 0 heterocycles. The Labute approximate surface area is 169 Å². The lowest BCUT2D eigenvalue weighted by molar-refractivity contribution is -0.929. The number of hydrogen-bond acceptors (Lipinski definition) is 0. The molecule has 0 fully saturated rings. The first-order chi connectivity index (χ1) is 13.2. The van der Waals surface area contributed by atoms with Gasteiger partial charge in [0.25, 0.3) is 0 Å². The van der Waals surface area contributed by atoms with Crippen molar-refractivity contribution >= 4 is 0 Å². The van der Waals surface area contributed by atoms with E-state index in [2.05, 4.69) is 69.6 Å². The SMILES string of the molecule is C=CC[N+](C)(CC=C)C(CCCCCCCCCCCC)c1ccccc1. The smallest absolute Gasteiger partial charge is 0.115 e. The van der Waals surface area contributed by atoms with Gasteiger partial charge < -0.3 is 4.48 Å². The number of hydrogen-bond donors (Lipinski definition) is 0. The Balaban J connectivity index is 2.46. The van der Waals surface area contributed by atoms with Crippen LogP contribution in [0, 0.1) is 0 Å². The number of benzene rings is 1. The summed E-state index contributed by atoms with van der Waals surface area (Å²) in [6.07, 6.45) is 19.3. The van der Waals surface area contributed by atoms with Crippen LogP contribution in [0.3, 0.4) is 0 Å². The van der Waals surface area contributed by atoms with E-state index in [1.807, 2.05) is 0 Å². The fraction of sp³-hybridized carbons (Fsp3) is 0.615. The summed E-state index contributed by atoms with van der Waals surface area (Å²) < 4.78 is 0.981. The molecule has 0 aliphatic heterocycles. The molecule has 1 rings (SSSR count). The van der Waals surface area contributed by atoms with Gasteiger partial charge in [0, 0.05) is 12.0 Å². The number of unbranched alkanes of at least 4 members (excludes halogenated alkanes) is 9. The number of nitrogens with zero attached hydrogens (tertiary/aromatic N) is 1. The van der Waals surface area contributed by atoms with Gasteiger partial charge in [0.05, 0.1) is 20.1 Å². The van der Waals surface area contributed by atoms with Crippen LogP contribution >= 0.6 is 0 Å². The summed E-state index contributed by atoms with van der Waals surface area (Å²) in [6.45, 7) is 12.3. The molecule has 0 bridgehead atoms. The van der Waals surface area contributed by atoms with E-state index in [0.717, 1.165) is 17.6 Å². The van der Waals surface area contributed by atoms with E-state index in [1.165, 1.54) is 76.2 Å². The predicted octanol–water partition coefficient (Wildman–Crippen LogP) is 7.86. The van der Waals surface area contributed by atoms with E-state index in [9.17, 15) is 0 Å². The second-order valence-corrected chi connectivity index (χ2v) is 8.32. The van der Waals surface area contributed by atoms with E-state index in [0.29, 0.717) is 6.04 Å².